The summed E-state index contributed by atoms with van der Waals surface area (Å²) in [6.45, 7) is -0.509. The minimum atomic E-state index is -0.874. The van der Waals surface area contributed by atoms with Gasteiger partial charge in [0.1, 0.15) is 11.4 Å². The second kappa shape index (κ2) is 7.55. The van der Waals surface area contributed by atoms with Crippen LogP contribution in [0.2, 0.25) is 0 Å². The van der Waals surface area contributed by atoms with E-state index in [1.807, 2.05) is 0 Å². The van der Waals surface area contributed by atoms with E-state index in [1.165, 1.54) is 12.1 Å². The topological polar surface area (TPSA) is 79.2 Å². The number of nitrogens with zero attached hydrogens (tertiary/aromatic N) is 1. The third-order valence-corrected chi connectivity index (χ3v) is 4.47. The Kier molecular flexibility index (Phi) is 5.72. The molecule has 0 bridgehead atoms. The first-order valence-corrected chi connectivity index (χ1v) is 8.09. The van der Waals surface area contributed by atoms with E-state index in [0.717, 1.165) is 25.3 Å². The number of benzene rings is 1. The van der Waals surface area contributed by atoms with Gasteiger partial charge in [-0.2, -0.15) is 5.26 Å². The van der Waals surface area contributed by atoms with Crippen molar-refractivity contribution in [1.29, 1.82) is 5.26 Å². The number of esters is 1. The molecule has 0 spiro atoms. The summed E-state index contributed by atoms with van der Waals surface area (Å²) >= 11 is 3.13. The highest BCUT2D eigenvalue weighted by molar-refractivity contribution is 9.10. The lowest BCUT2D eigenvalue weighted by Gasteiger charge is -2.31. The zero-order valence-electron chi connectivity index (χ0n) is 12.4. The van der Waals surface area contributed by atoms with Gasteiger partial charge in [0.25, 0.3) is 5.91 Å². The zero-order chi connectivity index (χ0) is 16.9. The summed E-state index contributed by atoms with van der Waals surface area (Å²) in [6.07, 6.45) is 3.99. The number of ether oxygens (including phenoxy) is 1. The van der Waals surface area contributed by atoms with Crippen LogP contribution in [0, 0.1) is 17.1 Å². The average Bonchev–Trinajstić information content (AvgIpc) is 2.55. The highest BCUT2D eigenvalue weighted by Crippen LogP contribution is 2.27. The van der Waals surface area contributed by atoms with Crippen LogP contribution in [0.5, 0.6) is 0 Å². The maximum absolute atomic E-state index is 13.2. The first-order valence-electron chi connectivity index (χ1n) is 7.30. The lowest BCUT2D eigenvalue weighted by molar-refractivity contribution is -0.125. The highest BCUT2D eigenvalue weighted by Gasteiger charge is 2.33. The van der Waals surface area contributed by atoms with Crippen molar-refractivity contribution in [3.8, 4) is 6.07 Å². The van der Waals surface area contributed by atoms with Gasteiger partial charge in [-0.15, -0.1) is 0 Å². The Morgan fingerprint density at radius 1 is 1.35 bits per heavy atom. The van der Waals surface area contributed by atoms with Crippen molar-refractivity contribution in [2.45, 2.75) is 37.6 Å². The van der Waals surface area contributed by atoms with Gasteiger partial charge in [-0.3, -0.25) is 4.79 Å². The Bertz CT molecular complexity index is 651. The molecular weight excluding hydrogens is 367 g/mol. The fraction of sp³-hybridized carbons (Fsp3) is 0.438. The van der Waals surface area contributed by atoms with Crippen molar-refractivity contribution in [2.24, 2.45) is 0 Å². The standard InChI is InChI=1S/C16H16BrFN2O3/c17-13-5-4-11(18)8-12(13)15(22)23-9-14(21)20-16(10-19)6-2-1-3-7-16/h4-5,8H,1-3,6-7,9H2,(H,20,21). The molecule has 0 unspecified atom stereocenters. The number of hydrogen-bond acceptors (Lipinski definition) is 4. The van der Waals surface area contributed by atoms with Crippen LogP contribution in [0.15, 0.2) is 22.7 Å². The first kappa shape index (κ1) is 17.4. The molecule has 0 heterocycles. The number of halogens is 2. The summed E-state index contributed by atoms with van der Waals surface area (Å²) in [7, 11) is 0. The van der Waals surface area contributed by atoms with Gasteiger partial charge in [-0.05, 0) is 47.0 Å². The number of hydrogen-bond donors (Lipinski definition) is 1. The third kappa shape index (κ3) is 4.52. The Morgan fingerprint density at radius 2 is 2.04 bits per heavy atom. The molecule has 1 N–H and O–H groups in total. The number of amides is 1. The number of carbonyl (C=O) groups excluding carboxylic acids is 2. The van der Waals surface area contributed by atoms with Crippen LogP contribution < -0.4 is 5.32 Å². The summed E-state index contributed by atoms with van der Waals surface area (Å²) in [5.74, 6) is -1.91. The van der Waals surface area contributed by atoms with Crippen LogP contribution >= 0.6 is 15.9 Å². The van der Waals surface area contributed by atoms with Gasteiger partial charge in [0.15, 0.2) is 6.61 Å². The van der Waals surface area contributed by atoms with E-state index >= 15 is 0 Å². The molecule has 0 aliphatic heterocycles. The lowest BCUT2D eigenvalue weighted by Crippen LogP contribution is -2.50. The fourth-order valence-corrected chi connectivity index (χ4v) is 2.99. The second-order valence-corrected chi connectivity index (χ2v) is 6.36. The van der Waals surface area contributed by atoms with Crippen LogP contribution in [-0.4, -0.2) is 24.0 Å². The molecule has 23 heavy (non-hydrogen) atoms. The van der Waals surface area contributed by atoms with E-state index in [-0.39, 0.29) is 5.56 Å². The quantitative estimate of drug-likeness (QED) is 0.811. The van der Waals surface area contributed by atoms with Crippen LogP contribution in [0.3, 0.4) is 0 Å². The van der Waals surface area contributed by atoms with E-state index in [1.54, 1.807) is 0 Å². The Labute approximate surface area is 141 Å². The van der Waals surface area contributed by atoms with Crippen molar-refractivity contribution in [2.75, 3.05) is 6.61 Å². The monoisotopic (exact) mass is 382 g/mol. The average molecular weight is 383 g/mol. The summed E-state index contributed by atoms with van der Waals surface area (Å²) < 4.78 is 18.4. The van der Waals surface area contributed by atoms with Crippen LogP contribution in [0.25, 0.3) is 0 Å². The maximum atomic E-state index is 13.2. The largest absolute Gasteiger partial charge is 0.452 e. The fourth-order valence-electron chi connectivity index (χ4n) is 2.59. The number of nitriles is 1. The Hall–Kier alpha value is -1.94. The van der Waals surface area contributed by atoms with Gasteiger partial charge in [-0.25, -0.2) is 9.18 Å². The molecule has 0 atom stereocenters. The van der Waals surface area contributed by atoms with E-state index in [0.29, 0.717) is 17.3 Å². The summed E-state index contributed by atoms with van der Waals surface area (Å²) in [6, 6.07) is 5.77. The molecule has 1 aromatic carbocycles. The molecule has 7 heteroatoms. The summed E-state index contributed by atoms with van der Waals surface area (Å²) in [5, 5.41) is 11.9. The molecule has 0 saturated heterocycles. The predicted molar refractivity (Wildman–Crippen MR) is 84.0 cm³/mol. The van der Waals surface area contributed by atoms with Gasteiger partial charge in [-0.1, -0.05) is 19.3 Å². The minimum Gasteiger partial charge on any atom is -0.452 e. The van der Waals surface area contributed by atoms with Crippen LogP contribution in [-0.2, 0) is 9.53 Å². The van der Waals surface area contributed by atoms with E-state index < -0.39 is 29.8 Å². The molecule has 0 radical (unpaired) electrons. The molecule has 1 amide bonds. The number of carbonyl (C=O) groups is 2. The molecular formula is C16H16BrFN2O3. The third-order valence-electron chi connectivity index (χ3n) is 3.78. The van der Waals surface area contributed by atoms with Crippen LogP contribution in [0.1, 0.15) is 42.5 Å². The molecule has 1 saturated carbocycles. The van der Waals surface area contributed by atoms with Gasteiger partial charge >= 0.3 is 5.97 Å². The molecule has 1 aliphatic rings. The zero-order valence-corrected chi connectivity index (χ0v) is 14.0. The highest BCUT2D eigenvalue weighted by atomic mass is 79.9. The molecule has 0 aromatic heterocycles. The lowest BCUT2D eigenvalue weighted by atomic mass is 9.83. The molecule has 2 rings (SSSR count). The molecule has 5 nitrogen and oxygen atoms in total. The van der Waals surface area contributed by atoms with Gasteiger partial charge in [0.05, 0.1) is 11.6 Å². The Balaban J connectivity index is 1.92. The normalized spacial score (nSPS) is 16.2. The van der Waals surface area contributed by atoms with Crippen molar-refractivity contribution in [1.82, 2.24) is 5.32 Å². The SMILES string of the molecule is N#CC1(NC(=O)COC(=O)c2cc(F)ccc2Br)CCCCC1. The van der Waals surface area contributed by atoms with Crippen molar-refractivity contribution in [3.05, 3.63) is 34.1 Å². The second-order valence-electron chi connectivity index (χ2n) is 5.50. The van der Waals surface area contributed by atoms with Crippen LogP contribution in [0.4, 0.5) is 4.39 Å². The number of rotatable bonds is 4. The van der Waals surface area contributed by atoms with E-state index in [2.05, 4.69) is 27.3 Å². The number of nitrogens with one attached hydrogen (secondary N) is 1. The van der Waals surface area contributed by atoms with E-state index in [9.17, 15) is 19.2 Å². The Morgan fingerprint density at radius 3 is 2.70 bits per heavy atom. The molecule has 1 fully saturated rings. The smallest absolute Gasteiger partial charge is 0.339 e. The van der Waals surface area contributed by atoms with Gasteiger partial charge in [0, 0.05) is 4.47 Å². The molecule has 122 valence electrons. The minimum absolute atomic E-state index is 0.00506. The summed E-state index contributed by atoms with van der Waals surface area (Å²) in [5.41, 5.74) is -0.869. The first-order chi connectivity index (χ1) is 11.0. The van der Waals surface area contributed by atoms with Gasteiger partial charge < -0.3 is 10.1 Å². The van der Waals surface area contributed by atoms with Crippen molar-refractivity contribution >= 4 is 27.8 Å². The summed E-state index contributed by atoms with van der Waals surface area (Å²) in [4.78, 5) is 23.8. The molecule has 1 aromatic rings. The van der Waals surface area contributed by atoms with E-state index in [4.69, 9.17) is 4.74 Å². The van der Waals surface area contributed by atoms with Gasteiger partial charge in [0.2, 0.25) is 0 Å². The predicted octanol–water partition coefficient (Wildman–Crippen LogP) is 3.09. The maximum Gasteiger partial charge on any atom is 0.339 e. The van der Waals surface area contributed by atoms with Crippen molar-refractivity contribution < 1.29 is 18.7 Å². The van der Waals surface area contributed by atoms with Crippen molar-refractivity contribution in [3.63, 3.8) is 0 Å². The molecule has 1 aliphatic carbocycles.